The van der Waals surface area contributed by atoms with E-state index in [1.807, 2.05) is 31.2 Å². The van der Waals surface area contributed by atoms with Crippen molar-refractivity contribution in [2.75, 3.05) is 38.7 Å². The fourth-order valence-corrected chi connectivity index (χ4v) is 2.53. The molecule has 1 aromatic rings. The highest BCUT2D eigenvalue weighted by atomic mass is 16.5. The van der Waals surface area contributed by atoms with Crippen molar-refractivity contribution in [3.05, 3.63) is 29.8 Å². The molecule has 1 heterocycles. The molecule has 0 radical (unpaired) electrons. The van der Waals surface area contributed by atoms with Crippen molar-refractivity contribution in [1.82, 2.24) is 4.90 Å². The maximum atomic E-state index is 12.3. The summed E-state index contributed by atoms with van der Waals surface area (Å²) in [4.78, 5) is 26.0. The van der Waals surface area contributed by atoms with E-state index in [4.69, 9.17) is 9.47 Å². The second-order valence-corrected chi connectivity index (χ2v) is 5.65. The lowest BCUT2D eigenvalue weighted by molar-refractivity contribution is -0.141. The van der Waals surface area contributed by atoms with Gasteiger partial charge in [-0.3, -0.25) is 9.59 Å². The van der Waals surface area contributed by atoms with Gasteiger partial charge in [-0.05, 0) is 25.0 Å². The lowest BCUT2D eigenvalue weighted by Gasteiger charge is -2.32. The van der Waals surface area contributed by atoms with Gasteiger partial charge in [-0.2, -0.15) is 0 Å². The number of hydrogen-bond acceptors (Lipinski definition) is 4. The number of aryl methyl sites for hydroxylation is 1. The molecule has 1 atom stereocenters. The average Bonchev–Trinajstić information content (AvgIpc) is 2.55. The first-order valence-electron chi connectivity index (χ1n) is 7.84. The first kappa shape index (κ1) is 17.4. The van der Waals surface area contributed by atoms with Crippen molar-refractivity contribution in [1.29, 1.82) is 0 Å². The number of rotatable bonds is 6. The molecule has 2 amide bonds. The van der Waals surface area contributed by atoms with Crippen molar-refractivity contribution in [3.8, 4) is 0 Å². The predicted octanol–water partition coefficient (Wildman–Crippen LogP) is 1.59. The molecule has 126 valence electrons. The van der Waals surface area contributed by atoms with Crippen molar-refractivity contribution < 1.29 is 19.1 Å². The highest BCUT2D eigenvalue weighted by Gasteiger charge is 2.25. The van der Waals surface area contributed by atoms with E-state index < -0.39 is 0 Å². The monoisotopic (exact) mass is 320 g/mol. The van der Waals surface area contributed by atoms with Gasteiger partial charge in [0.05, 0.1) is 12.7 Å². The quantitative estimate of drug-likeness (QED) is 0.808. The number of anilines is 1. The van der Waals surface area contributed by atoms with Crippen molar-refractivity contribution in [3.63, 3.8) is 0 Å². The molecule has 23 heavy (non-hydrogen) atoms. The summed E-state index contributed by atoms with van der Waals surface area (Å²) in [7, 11) is 1.64. The lowest BCUT2D eigenvalue weighted by atomic mass is 10.2. The van der Waals surface area contributed by atoms with Crippen molar-refractivity contribution >= 4 is 17.5 Å². The van der Waals surface area contributed by atoms with Gasteiger partial charge in [-0.15, -0.1) is 0 Å². The Morgan fingerprint density at radius 1 is 1.39 bits per heavy atom. The highest BCUT2D eigenvalue weighted by Crippen LogP contribution is 2.14. The van der Waals surface area contributed by atoms with Crippen LogP contribution in [0, 0.1) is 6.92 Å². The summed E-state index contributed by atoms with van der Waals surface area (Å²) >= 11 is 0. The van der Waals surface area contributed by atoms with Gasteiger partial charge in [-0.1, -0.05) is 18.2 Å². The van der Waals surface area contributed by atoms with Gasteiger partial charge >= 0.3 is 0 Å². The van der Waals surface area contributed by atoms with E-state index in [1.54, 1.807) is 12.0 Å². The summed E-state index contributed by atoms with van der Waals surface area (Å²) in [6.07, 6.45) is 0.577. The fourth-order valence-electron chi connectivity index (χ4n) is 2.53. The second-order valence-electron chi connectivity index (χ2n) is 5.65. The van der Waals surface area contributed by atoms with Crippen LogP contribution in [0.15, 0.2) is 24.3 Å². The lowest BCUT2D eigenvalue weighted by Crippen LogP contribution is -2.46. The first-order valence-corrected chi connectivity index (χ1v) is 7.84. The van der Waals surface area contributed by atoms with E-state index >= 15 is 0 Å². The van der Waals surface area contributed by atoms with Gasteiger partial charge < -0.3 is 19.7 Å². The number of benzene rings is 1. The second kappa shape index (κ2) is 8.64. The number of hydrogen-bond donors (Lipinski definition) is 1. The molecule has 1 aliphatic heterocycles. The van der Waals surface area contributed by atoms with E-state index in [-0.39, 0.29) is 24.3 Å². The number of para-hydroxylation sites is 1. The Hall–Kier alpha value is -1.92. The van der Waals surface area contributed by atoms with Gasteiger partial charge in [0.1, 0.15) is 6.42 Å². The van der Waals surface area contributed by atoms with Crippen molar-refractivity contribution in [2.45, 2.75) is 25.9 Å². The van der Waals surface area contributed by atoms with E-state index in [9.17, 15) is 9.59 Å². The number of ether oxygens (including phenoxy) is 2. The molecule has 2 rings (SSSR count). The SMILES string of the molecule is COCC[C@@H]1CN(C(=O)CC(=O)Nc2ccccc2C)CCO1. The zero-order chi connectivity index (χ0) is 16.7. The molecular formula is C17H24N2O4. The summed E-state index contributed by atoms with van der Waals surface area (Å²) in [6.45, 7) is 4.06. The highest BCUT2D eigenvalue weighted by molar-refractivity contribution is 6.03. The van der Waals surface area contributed by atoms with Gasteiger partial charge in [-0.25, -0.2) is 0 Å². The number of nitrogens with zero attached hydrogens (tertiary/aromatic N) is 1. The molecule has 1 N–H and O–H groups in total. The van der Waals surface area contributed by atoms with Gasteiger partial charge in [0, 0.05) is 32.5 Å². The third-order valence-electron chi connectivity index (χ3n) is 3.87. The third kappa shape index (κ3) is 5.33. The molecular weight excluding hydrogens is 296 g/mol. The van der Waals surface area contributed by atoms with Crippen LogP contribution in [0.25, 0.3) is 0 Å². The van der Waals surface area contributed by atoms with Crippen LogP contribution in [0.2, 0.25) is 0 Å². The van der Waals surface area contributed by atoms with Crippen LogP contribution < -0.4 is 5.32 Å². The first-order chi connectivity index (χ1) is 11.1. The van der Waals surface area contributed by atoms with Crippen LogP contribution in [0.5, 0.6) is 0 Å². The van der Waals surface area contributed by atoms with E-state index in [0.29, 0.717) is 26.3 Å². The zero-order valence-electron chi connectivity index (χ0n) is 13.7. The molecule has 0 unspecified atom stereocenters. The van der Waals surface area contributed by atoms with Crippen LogP contribution >= 0.6 is 0 Å². The number of carbonyl (C=O) groups excluding carboxylic acids is 2. The summed E-state index contributed by atoms with van der Waals surface area (Å²) in [5, 5.41) is 2.79. The molecule has 1 aliphatic rings. The Labute approximate surface area is 136 Å². The number of carbonyl (C=O) groups is 2. The van der Waals surface area contributed by atoms with Crippen LogP contribution in [0.4, 0.5) is 5.69 Å². The Kier molecular flexibility index (Phi) is 6.55. The van der Waals surface area contributed by atoms with Gasteiger partial charge in [0.15, 0.2) is 0 Å². The van der Waals surface area contributed by atoms with Gasteiger partial charge in [0.25, 0.3) is 0 Å². The maximum absolute atomic E-state index is 12.3. The molecule has 6 heteroatoms. The summed E-state index contributed by atoms with van der Waals surface area (Å²) in [5.74, 6) is -0.453. The van der Waals surface area contributed by atoms with E-state index in [1.165, 1.54) is 0 Å². The number of nitrogens with one attached hydrogen (secondary N) is 1. The molecule has 1 aromatic carbocycles. The van der Waals surface area contributed by atoms with Crippen molar-refractivity contribution in [2.24, 2.45) is 0 Å². The molecule has 1 fully saturated rings. The molecule has 6 nitrogen and oxygen atoms in total. The van der Waals surface area contributed by atoms with E-state index in [2.05, 4.69) is 5.32 Å². The summed E-state index contributed by atoms with van der Waals surface area (Å²) in [6, 6.07) is 7.50. The normalized spacial score (nSPS) is 17.8. The Morgan fingerprint density at radius 3 is 2.91 bits per heavy atom. The minimum absolute atomic E-state index is 0.0212. The average molecular weight is 320 g/mol. The Morgan fingerprint density at radius 2 is 2.17 bits per heavy atom. The number of morpholine rings is 1. The minimum Gasteiger partial charge on any atom is -0.385 e. The molecule has 0 saturated carbocycles. The molecule has 1 saturated heterocycles. The summed E-state index contributed by atoms with van der Waals surface area (Å²) in [5.41, 5.74) is 1.71. The predicted molar refractivity (Wildman–Crippen MR) is 87.2 cm³/mol. The number of methoxy groups -OCH3 is 1. The van der Waals surface area contributed by atoms with Crippen LogP contribution in [-0.4, -0.2) is 56.2 Å². The molecule has 0 aliphatic carbocycles. The number of amides is 2. The molecule has 0 aromatic heterocycles. The van der Waals surface area contributed by atoms with Crippen LogP contribution in [-0.2, 0) is 19.1 Å². The Balaban J connectivity index is 1.83. The largest absolute Gasteiger partial charge is 0.385 e. The van der Waals surface area contributed by atoms with Crippen LogP contribution in [0.1, 0.15) is 18.4 Å². The topological polar surface area (TPSA) is 67.9 Å². The fraction of sp³-hybridized carbons (Fsp3) is 0.529. The Bertz CT molecular complexity index is 547. The minimum atomic E-state index is -0.288. The van der Waals surface area contributed by atoms with Crippen LogP contribution in [0.3, 0.4) is 0 Å². The van der Waals surface area contributed by atoms with Gasteiger partial charge in [0.2, 0.25) is 11.8 Å². The summed E-state index contributed by atoms with van der Waals surface area (Å²) < 4.78 is 10.6. The zero-order valence-corrected chi connectivity index (χ0v) is 13.7. The maximum Gasteiger partial charge on any atom is 0.233 e. The third-order valence-corrected chi connectivity index (χ3v) is 3.87. The molecule has 0 bridgehead atoms. The van der Waals surface area contributed by atoms with E-state index in [0.717, 1.165) is 17.7 Å². The smallest absolute Gasteiger partial charge is 0.233 e. The molecule has 0 spiro atoms. The standard InChI is InChI=1S/C17H24N2O4/c1-13-5-3-4-6-15(13)18-16(20)11-17(21)19-8-10-23-14(12-19)7-9-22-2/h3-6,14H,7-12H2,1-2H3,(H,18,20)/t14-/m1/s1.